The van der Waals surface area contributed by atoms with Gasteiger partial charge in [0.25, 0.3) is 5.56 Å². The predicted molar refractivity (Wildman–Crippen MR) is 124 cm³/mol. The third kappa shape index (κ3) is 3.17. The van der Waals surface area contributed by atoms with E-state index in [2.05, 4.69) is 28.2 Å². The molecule has 0 bridgehead atoms. The van der Waals surface area contributed by atoms with Gasteiger partial charge in [-0.15, -0.1) is 0 Å². The molecule has 1 N–H and O–H groups in total. The Morgan fingerprint density at radius 1 is 1.06 bits per heavy atom. The molecule has 6 heterocycles. The molecule has 8 heteroatoms. The molecule has 2 fully saturated rings. The maximum atomic E-state index is 13.0. The van der Waals surface area contributed by atoms with Crippen LogP contribution >= 0.6 is 0 Å². The Morgan fingerprint density at radius 3 is 2.66 bits per heavy atom. The third-order valence-corrected chi connectivity index (χ3v) is 6.80. The molecule has 0 spiro atoms. The molecule has 4 aromatic rings. The number of hydrogen-bond acceptors (Lipinski definition) is 6. The maximum Gasteiger partial charge on any atom is 0.258 e. The van der Waals surface area contributed by atoms with Crippen LogP contribution in [0, 0.1) is 18.8 Å². The van der Waals surface area contributed by atoms with E-state index in [-0.39, 0.29) is 5.56 Å². The SMILES string of the molecule is CCCc1nc(C)cn2nc(-c3cc(=O)n4cc(N5C[C@H]6CNC[C@H]6C5)ccc4n3)cc12. The zero-order chi connectivity index (χ0) is 21.8. The molecular formula is C24H27N7O. The summed E-state index contributed by atoms with van der Waals surface area (Å²) in [7, 11) is 0. The van der Waals surface area contributed by atoms with Gasteiger partial charge in [0.1, 0.15) is 11.3 Å². The van der Waals surface area contributed by atoms with Gasteiger partial charge in [-0.3, -0.25) is 14.2 Å². The quantitative estimate of drug-likeness (QED) is 0.536. The molecule has 0 amide bonds. The van der Waals surface area contributed by atoms with Crippen molar-refractivity contribution in [2.45, 2.75) is 26.7 Å². The number of pyridine rings is 1. The Kier molecular flexibility index (Phi) is 4.50. The second-order valence-corrected chi connectivity index (χ2v) is 9.12. The molecule has 0 aliphatic carbocycles. The lowest BCUT2D eigenvalue weighted by Gasteiger charge is -2.20. The molecule has 2 aliphatic heterocycles. The first-order chi connectivity index (χ1) is 15.6. The number of aromatic nitrogens is 5. The zero-order valence-electron chi connectivity index (χ0n) is 18.5. The topological polar surface area (TPSA) is 79.8 Å². The van der Waals surface area contributed by atoms with Gasteiger partial charge in [-0.25, -0.2) is 9.50 Å². The van der Waals surface area contributed by atoms with E-state index in [1.165, 1.54) is 0 Å². The highest BCUT2D eigenvalue weighted by Crippen LogP contribution is 2.30. The number of aryl methyl sites for hydroxylation is 2. The van der Waals surface area contributed by atoms with Crippen molar-refractivity contribution in [3.8, 4) is 11.4 Å². The van der Waals surface area contributed by atoms with Crippen LogP contribution in [0.5, 0.6) is 0 Å². The number of nitrogens with zero attached hydrogens (tertiary/aromatic N) is 6. The van der Waals surface area contributed by atoms with Crippen LogP contribution in [0.1, 0.15) is 24.7 Å². The van der Waals surface area contributed by atoms with Crippen LogP contribution < -0.4 is 15.8 Å². The number of fused-ring (bicyclic) bond motifs is 3. The summed E-state index contributed by atoms with van der Waals surface area (Å²) in [6.45, 7) is 8.38. The fourth-order valence-electron chi connectivity index (χ4n) is 5.21. The second-order valence-electron chi connectivity index (χ2n) is 9.12. The average Bonchev–Trinajstić information content (AvgIpc) is 3.48. The molecule has 164 valence electrons. The van der Waals surface area contributed by atoms with Gasteiger partial charge in [0.15, 0.2) is 0 Å². The summed E-state index contributed by atoms with van der Waals surface area (Å²) in [6.07, 6.45) is 5.75. The Bertz CT molecular complexity index is 1380. The minimum Gasteiger partial charge on any atom is -0.370 e. The summed E-state index contributed by atoms with van der Waals surface area (Å²) in [6, 6.07) is 7.59. The van der Waals surface area contributed by atoms with Crippen LogP contribution in [0.4, 0.5) is 5.69 Å². The highest BCUT2D eigenvalue weighted by atomic mass is 16.1. The summed E-state index contributed by atoms with van der Waals surface area (Å²) >= 11 is 0. The van der Waals surface area contributed by atoms with Crippen molar-refractivity contribution in [2.24, 2.45) is 11.8 Å². The van der Waals surface area contributed by atoms with Crippen molar-refractivity contribution >= 4 is 16.9 Å². The highest BCUT2D eigenvalue weighted by molar-refractivity contribution is 5.66. The van der Waals surface area contributed by atoms with E-state index in [0.29, 0.717) is 28.9 Å². The minimum absolute atomic E-state index is 0.0898. The van der Waals surface area contributed by atoms with Gasteiger partial charge in [-0.2, -0.15) is 5.10 Å². The molecule has 32 heavy (non-hydrogen) atoms. The fraction of sp³-hybridized carbons (Fsp3) is 0.417. The van der Waals surface area contributed by atoms with Crippen LogP contribution in [0.3, 0.4) is 0 Å². The highest BCUT2D eigenvalue weighted by Gasteiger charge is 2.36. The van der Waals surface area contributed by atoms with E-state index in [1.54, 1.807) is 10.5 Å². The first-order valence-corrected chi connectivity index (χ1v) is 11.4. The number of nitrogens with one attached hydrogen (secondary N) is 1. The van der Waals surface area contributed by atoms with Crippen LogP contribution in [0.2, 0.25) is 0 Å². The molecule has 4 aromatic heterocycles. The summed E-state index contributed by atoms with van der Waals surface area (Å²) in [4.78, 5) is 24.9. The Balaban J connectivity index is 1.38. The fourth-order valence-corrected chi connectivity index (χ4v) is 5.21. The largest absolute Gasteiger partial charge is 0.370 e. The summed E-state index contributed by atoms with van der Waals surface area (Å²) in [5.74, 6) is 1.40. The van der Waals surface area contributed by atoms with Gasteiger partial charge in [0, 0.05) is 38.4 Å². The van der Waals surface area contributed by atoms with Crippen LogP contribution in [-0.4, -0.2) is 50.2 Å². The van der Waals surface area contributed by atoms with Crippen LogP contribution in [0.25, 0.3) is 22.6 Å². The molecule has 8 nitrogen and oxygen atoms in total. The van der Waals surface area contributed by atoms with Crippen LogP contribution in [0.15, 0.2) is 41.5 Å². The van der Waals surface area contributed by atoms with E-state index in [4.69, 9.17) is 10.1 Å². The summed E-state index contributed by atoms with van der Waals surface area (Å²) in [5.41, 5.74) is 5.84. The monoisotopic (exact) mass is 429 g/mol. The smallest absolute Gasteiger partial charge is 0.258 e. The number of anilines is 1. The van der Waals surface area contributed by atoms with Crippen molar-refractivity contribution < 1.29 is 0 Å². The number of rotatable bonds is 4. The molecule has 2 aliphatic rings. The Hall–Kier alpha value is -3.26. The molecule has 0 radical (unpaired) electrons. The van der Waals surface area contributed by atoms with E-state index >= 15 is 0 Å². The first-order valence-electron chi connectivity index (χ1n) is 11.4. The molecule has 6 rings (SSSR count). The summed E-state index contributed by atoms with van der Waals surface area (Å²) < 4.78 is 3.50. The number of hydrogen-bond donors (Lipinski definition) is 1. The lowest BCUT2D eigenvalue weighted by Crippen LogP contribution is -2.26. The van der Waals surface area contributed by atoms with E-state index in [0.717, 1.165) is 61.6 Å². The van der Waals surface area contributed by atoms with Gasteiger partial charge < -0.3 is 10.2 Å². The van der Waals surface area contributed by atoms with E-state index in [1.807, 2.05) is 36.0 Å². The molecule has 0 saturated carbocycles. The van der Waals surface area contributed by atoms with Gasteiger partial charge in [0.05, 0.1) is 34.5 Å². The Labute approximate surface area is 185 Å². The molecule has 0 unspecified atom stereocenters. The standard InChI is InChI=1S/C24H27N7O/c1-3-4-19-22-7-21(28-31(22)11-15(2)26-19)20-8-24(32)30-14-18(5-6-23(30)27-20)29-12-16-9-25-10-17(16)13-29/h5-8,11,14,16-17,25H,3-4,9-10,12-13H2,1-2H3/t16-,17+. The van der Waals surface area contributed by atoms with E-state index < -0.39 is 0 Å². The predicted octanol–water partition coefficient (Wildman–Crippen LogP) is 2.32. The van der Waals surface area contributed by atoms with E-state index in [9.17, 15) is 4.79 Å². The van der Waals surface area contributed by atoms with Crippen molar-refractivity contribution in [3.05, 3.63) is 58.4 Å². The maximum absolute atomic E-state index is 13.0. The van der Waals surface area contributed by atoms with Crippen molar-refractivity contribution in [3.63, 3.8) is 0 Å². The lowest BCUT2D eigenvalue weighted by molar-refractivity contribution is 0.533. The molecule has 0 aromatic carbocycles. The van der Waals surface area contributed by atoms with Crippen molar-refractivity contribution in [2.75, 3.05) is 31.1 Å². The Morgan fingerprint density at radius 2 is 1.88 bits per heavy atom. The van der Waals surface area contributed by atoms with Gasteiger partial charge in [0.2, 0.25) is 0 Å². The normalized spacial score (nSPS) is 20.5. The second kappa shape index (κ2) is 7.41. The summed E-state index contributed by atoms with van der Waals surface area (Å²) in [5, 5.41) is 8.18. The van der Waals surface area contributed by atoms with Crippen molar-refractivity contribution in [1.29, 1.82) is 0 Å². The molecule has 2 atom stereocenters. The van der Waals surface area contributed by atoms with Gasteiger partial charge >= 0.3 is 0 Å². The lowest BCUT2D eigenvalue weighted by atomic mass is 10.0. The van der Waals surface area contributed by atoms with Gasteiger partial charge in [-0.05, 0) is 43.4 Å². The zero-order valence-corrected chi connectivity index (χ0v) is 18.5. The molecular weight excluding hydrogens is 402 g/mol. The van der Waals surface area contributed by atoms with Crippen molar-refractivity contribution in [1.82, 2.24) is 29.3 Å². The average molecular weight is 430 g/mol. The van der Waals surface area contributed by atoms with Gasteiger partial charge in [-0.1, -0.05) is 13.3 Å². The third-order valence-electron chi connectivity index (χ3n) is 6.80. The first kappa shape index (κ1) is 19.4. The molecule has 2 saturated heterocycles. The minimum atomic E-state index is -0.0898. The van der Waals surface area contributed by atoms with Crippen LogP contribution in [-0.2, 0) is 6.42 Å².